The van der Waals surface area contributed by atoms with Gasteiger partial charge < -0.3 is 14.2 Å². The van der Waals surface area contributed by atoms with Gasteiger partial charge in [0.05, 0.1) is 25.0 Å². The number of carbonyl (C=O) groups excluding carboxylic acids is 2. The monoisotopic (exact) mass is 302 g/mol. The van der Waals surface area contributed by atoms with Crippen LogP contribution in [0.3, 0.4) is 0 Å². The van der Waals surface area contributed by atoms with Crippen LogP contribution in [0, 0.1) is 46.3 Å². The van der Waals surface area contributed by atoms with E-state index in [1.54, 1.807) is 0 Å². The van der Waals surface area contributed by atoms with Crippen LogP contribution in [0.25, 0.3) is 0 Å². The number of ether oxygens (including phenoxy) is 3. The first-order valence-corrected chi connectivity index (χ1v) is 8.48. The average molecular weight is 302 g/mol. The van der Waals surface area contributed by atoms with Gasteiger partial charge in [0.15, 0.2) is 0 Å². The standard InChI is InChI=1S/C17H18O5/c1-20-12(18)14-8-5-9-15(14,13(19)21-2)11-7-4-3-6(10(11)14)16(8)17(7,9)22-16/h6-11H,3-5H2,1-2H3/t6-,7+,8-,9-,10-,11+,14+,15+,16+,17-/m1/s1. The van der Waals surface area contributed by atoms with Crippen molar-refractivity contribution in [1.29, 1.82) is 0 Å². The molecule has 5 nitrogen and oxygen atoms in total. The van der Waals surface area contributed by atoms with Gasteiger partial charge in [0.2, 0.25) is 0 Å². The van der Waals surface area contributed by atoms with Gasteiger partial charge in [0.1, 0.15) is 11.2 Å². The minimum atomic E-state index is -0.635. The second-order valence-electron chi connectivity index (χ2n) is 8.59. The Balaban J connectivity index is 1.61. The third-order valence-corrected chi connectivity index (χ3v) is 9.44. The van der Waals surface area contributed by atoms with E-state index in [-0.39, 0.29) is 35.0 Å². The molecule has 1 saturated heterocycles. The van der Waals surface area contributed by atoms with Gasteiger partial charge in [-0.15, -0.1) is 0 Å². The zero-order valence-electron chi connectivity index (χ0n) is 12.6. The highest BCUT2D eigenvalue weighted by atomic mass is 16.6. The van der Waals surface area contributed by atoms with Crippen LogP contribution >= 0.6 is 0 Å². The summed E-state index contributed by atoms with van der Waals surface area (Å²) < 4.78 is 17.1. The molecule has 8 aliphatic rings. The summed E-state index contributed by atoms with van der Waals surface area (Å²) in [5.74, 6) is 1.58. The Labute approximate surface area is 127 Å². The van der Waals surface area contributed by atoms with Crippen molar-refractivity contribution >= 4 is 11.9 Å². The van der Waals surface area contributed by atoms with Crippen molar-refractivity contribution in [1.82, 2.24) is 0 Å². The molecule has 0 unspecified atom stereocenters. The molecular formula is C17H18O5. The topological polar surface area (TPSA) is 65.1 Å². The highest BCUT2D eigenvalue weighted by molar-refractivity contribution is 5.97. The highest BCUT2D eigenvalue weighted by Crippen LogP contribution is 3.05. The molecule has 1 heterocycles. The molecule has 8 rings (SSSR count). The van der Waals surface area contributed by atoms with Gasteiger partial charge in [-0.25, -0.2) is 0 Å². The summed E-state index contributed by atoms with van der Waals surface area (Å²) in [5.41, 5.74) is -1.43. The molecule has 116 valence electrons. The van der Waals surface area contributed by atoms with E-state index in [0.29, 0.717) is 23.7 Å². The van der Waals surface area contributed by atoms with Crippen LogP contribution in [0.15, 0.2) is 0 Å². The van der Waals surface area contributed by atoms with Crippen molar-refractivity contribution in [3.8, 4) is 0 Å². The summed E-state index contributed by atoms with van der Waals surface area (Å²) in [4.78, 5) is 25.9. The Morgan fingerprint density at radius 3 is 1.77 bits per heavy atom. The van der Waals surface area contributed by atoms with Gasteiger partial charge >= 0.3 is 11.9 Å². The van der Waals surface area contributed by atoms with E-state index in [0.717, 1.165) is 19.3 Å². The fourth-order valence-corrected chi connectivity index (χ4v) is 9.93. The third kappa shape index (κ3) is 0.540. The molecule has 0 radical (unpaired) electrons. The molecule has 0 amide bonds. The summed E-state index contributed by atoms with van der Waals surface area (Å²) >= 11 is 0. The average Bonchev–Trinajstić information content (AvgIpc) is 2.96. The van der Waals surface area contributed by atoms with Crippen LogP contribution in [-0.2, 0) is 23.8 Å². The first kappa shape index (κ1) is 11.4. The fourth-order valence-electron chi connectivity index (χ4n) is 9.93. The van der Waals surface area contributed by atoms with Crippen molar-refractivity contribution in [3.63, 3.8) is 0 Å². The molecule has 22 heavy (non-hydrogen) atoms. The van der Waals surface area contributed by atoms with E-state index >= 15 is 0 Å². The normalized spacial score (nSPS) is 71.5. The van der Waals surface area contributed by atoms with E-state index in [2.05, 4.69) is 0 Å². The van der Waals surface area contributed by atoms with E-state index < -0.39 is 10.8 Å². The molecule has 1 aliphatic heterocycles. The second kappa shape index (κ2) is 2.54. The number of fused-ring (bicyclic) bond motifs is 1. The van der Waals surface area contributed by atoms with Crippen LogP contribution < -0.4 is 0 Å². The van der Waals surface area contributed by atoms with Crippen LogP contribution in [0.2, 0.25) is 0 Å². The summed E-state index contributed by atoms with van der Waals surface area (Å²) in [6.07, 6.45) is 3.28. The van der Waals surface area contributed by atoms with Crippen molar-refractivity contribution in [2.45, 2.75) is 30.5 Å². The molecule has 4 bridgehead atoms. The maximum atomic E-state index is 13.0. The number of hydrogen-bond donors (Lipinski definition) is 0. The number of carbonyl (C=O) groups is 2. The van der Waals surface area contributed by atoms with Gasteiger partial charge in [0, 0.05) is 11.8 Å². The SMILES string of the molecule is COC(=O)[C@@]12[C@@H]3[C@H]4[C@H]5CC[C@@H]3[C@]36O[C@]53[C@H](C[C@@H]61)[C@@]42C(=O)OC. The molecule has 10 atom stereocenters. The Hall–Kier alpha value is -1.10. The van der Waals surface area contributed by atoms with Crippen molar-refractivity contribution in [2.75, 3.05) is 14.2 Å². The van der Waals surface area contributed by atoms with E-state index in [1.807, 2.05) is 0 Å². The molecule has 7 aliphatic carbocycles. The van der Waals surface area contributed by atoms with Gasteiger partial charge in [-0.05, 0) is 42.9 Å². The fraction of sp³-hybridized carbons (Fsp3) is 0.882. The molecule has 0 aromatic rings. The first-order valence-electron chi connectivity index (χ1n) is 8.48. The molecule has 7 saturated carbocycles. The first-order chi connectivity index (χ1) is 10.6. The molecule has 8 fully saturated rings. The number of epoxide rings is 1. The number of methoxy groups -OCH3 is 2. The third-order valence-electron chi connectivity index (χ3n) is 9.44. The maximum Gasteiger partial charge on any atom is 0.313 e. The van der Waals surface area contributed by atoms with Gasteiger partial charge in [0.25, 0.3) is 0 Å². The quantitative estimate of drug-likeness (QED) is 0.556. The minimum Gasteiger partial charge on any atom is -0.469 e. The van der Waals surface area contributed by atoms with Crippen LogP contribution in [-0.4, -0.2) is 37.4 Å². The van der Waals surface area contributed by atoms with Gasteiger partial charge in [-0.1, -0.05) is 0 Å². The lowest BCUT2D eigenvalue weighted by molar-refractivity contribution is -0.240. The maximum absolute atomic E-state index is 13.0. The zero-order chi connectivity index (χ0) is 14.9. The van der Waals surface area contributed by atoms with Crippen molar-refractivity contribution < 1.29 is 23.8 Å². The van der Waals surface area contributed by atoms with E-state index in [1.165, 1.54) is 14.2 Å². The largest absolute Gasteiger partial charge is 0.469 e. The van der Waals surface area contributed by atoms with Gasteiger partial charge in [-0.2, -0.15) is 0 Å². The zero-order valence-corrected chi connectivity index (χ0v) is 12.6. The summed E-state index contributed by atoms with van der Waals surface area (Å²) in [6, 6.07) is 0. The summed E-state index contributed by atoms with van der Waals surface area (Å²) in [7, 11) is 2.93. The Bertz CT molecular complexity index is 660. The molecule has 2 spiro atoms. The Kier molecular flexibility index (Phi) is 1.32. The number of rotatable bonds is 2. The van der Waals surface area contributed by atoms with E-state index in [9.17, 15) is 9.59 Å². The Morgan fingerprint density at radius 1 is 0.909 bits per heavy atom. The molecule has 0 aromatic heterocycles. The predicted molar refractivity (Wildman–Crippen MR) is 70.2 cm³/mol. The van der Waals surface area contributed by atoms with Crippen LogP contribution in [0.4, 0.5) is 0 Å². The predicted octanol–water partition coefficient (Wildman–Crippen LogP) is 0.762. The van der Waals surface area contributed by atoms with Crippen LogP contribution in [0.1, 0.15) is 19.3 Å². The summed E-state index contributed by atoms with van der Waals surface area (Å²) in [5, 5.41) is 0. The highest BCUT2D eigenvalue weighted by Gasteiger charge is 3.14. The summed E-state index contributed by atoms with van der Waals surface area (Å²) in [6.45, 7) is 0. The second-order valence-corrected chi connectivity index (χ2v) is 8.59. The Morgan fingerprint density at radius 2 is 1.36 bits per heavy atom. The van der Waals surface area contributed by atoms with Crippen molar-refractivity contribution in [2.24, 2.45) is 46.3 Å². The lowest BCUT2D eigenvalue weighted by Crippen LogP contribution is -2.72. The lowest BCUT2D eigenvalue weighted by atomic mass is 9.36. The number of hydrogen-bond acceptors (Lipinski definition) is 5. The lowest BCUT2D eigenvalue weighted by Gasteiger charge is -2.64. The smallest absolute Gasteiger partial charge is 0.313 e. The molecular weight excluding hydrogens is 284 g/mol. The van der Waals surface area contributed by atoms with Crippen molar-refractivity contribution in [3.05, 3.63) is 0 Å². The van der Waals surface area contributed by atoms with E-state index in [4.69, 9.17) is 14.2 Å². The number of esters is 2. The van der Waals surface area contributed by atoms with Crippen LogP contribution in [0.5, 0.6) is 0 Å². The molecule has 5 heteroatoms. The minimum absolute atomic E-state index is 0.0794. The van der Waals surface area contributed by atoms with Gasteiger partial charge in [-0.3, -0.25) is 9.59 Å². The molecule has 0 N–H and O–H groups in total. The molecule has 0 aromatic carbocycles.